The van der Waals surface area contributed by atoms with E-state index in [1.807, 2.05) is 0 Å². The Morgan fingerprint density at radius 2 is 2.24 bits per heavy atom. The minimum Gasteiger partial charge on any atom is -0.360 e. The van der Waals surface area contributed by atoms with Crippen LogP contribution in [0.2, 0.25) is 0 Å². The summed E-state index contributed by atoms with van der Waals surface area (Å²) in [6.07, 6.45) is 0.359. The Morgan fingerprint density at radius 3 is 2.71 bits per heavy atom. The van der Waals surface area contributed by atoms with E-state index < -0.39 is 21.8 Å². The van der Waals surface area contributed by atoms with E-state index >= 15 is 0 Å². The number of carbonyl (C=O) groups is 2. The van der Waals surface area contributed by atoms with Crippen molar-refractivity contribution in [1.82, 2.24) is 10.1 Å². The van der Waals surface area contributed by atoms with Crippen LogP contribution in [0.1, 0.15) is 19.1 Å². The summed E-state index contributed by atoms with van der Waals surface area (Å²) in [5, 5.41) is 6.13. The number of nitrogens with zero attached hydrogens (tertiary/aromatic N) is 2. The first kappa shape index (κ1) is 15.5. The molecule has 0 spiro atoms. The maximum atomic E-state index is 11.9. The number of anilines is 1. The third kappa shape index (κ3) is 4.03. The Kier molecular flexibility index (Phi) is 4.31. The molecule has 8 nitrogen and oxygen atoms in total. The van der Waals surface area contributed by atoms with E-state index in [0.29, 0.717) is 12.2 Å². The van der Waals surface area contributed by atoms with E-state index in [9.17, 15) is 18.0 Å². The zero-order valence-electron chi connectivity index (χ0n) is 11.8. The number of hydrogen-bond donors (Lipinski definition) is 1. The molecule has 1 aromatic rings. The zero-order valence-corrected chi connectivity index (χ0v) is 12.6. The second kappa shape index (κ2) is 5.84. The van der Waals surface area contributed by atoms with Crippen LogP contribution in [0.5, 0.6) is 0 Å². The maximum absolute atomic E-state index is 11.9. The number of aryl methyl sites for hydroxylation is 1. The molecule has 1 fully saturated rings. The first-order valence-electron chi connectivity index (χ1n) is 6.47. The van der Waals surface area contributed by atoms with Crippen LogP contribution < -0.4 is 5.32 Å². The van der Waals surface area contributed by atoms with E-state index in [1.54, 1.807) is 13.0 Å². The van der Waals surface area contributed by atoms with Crippen molar-refractivity contribution in [3.05, 3.63) is 11.8 Å². The molecule has 21 heavy (non-hydrogen) atoms. The van der Waals surface area contributed by atoms with Gasteiger partial charge >= 0.3 is 0 Å². The van der Waals surface area contributed by atoms with Gasteiger partial charge in [-0.05, 0) is 13.3 Å². The summed E-state index contributed by atoms with van der Waals surface area (Å²) in [6.45, 7) is 2.80. The number of carbonyl (C=O) groups excluding carboxylic acids is 2. The van der Waals surface area contributed by atoms with Gasteiger partial charge in [0.05, 0.1) is 11.5 Å². The lowest BCUT2D eigenvalue weighted by atomic mass is 10.2. The van der Waals surface area contributed by atoms with E-state index in [4.69, 9.17) is 4.52 Å². The van der Waals surface area contributed by atoms with Crippen LogP contribution in [0.4, 0.5) is 5.82 Å². The van der Waals surface area contributed by atoms with Gasteiger partial charge in [-0.3, -0.25) is 9.59 Å². The molecular formula is C12H17N3O5S. The molecular weight excluding hydrogens is 298 g/mol. The lowest BCUT2D eigenvalue weighted by molar-refractivity contribution is -0.134. The van der Waals surface area contributed by atoms with Crippen molar-refractivity contribution in [1.29, 1.82) is 0 Å². The van der Waals surface area contributed by atoms with Gasteiger partial charge < -0.3 is 14.7 Å². The highest BCUT2D eigenvalue weighted by atomic mass is 32.2. The van der Waals surface area contributed by atoms with Gasteiger partial charge in [0.25, 0.3) is 0 Å². The van der Waals surface area contributed by atoms with Crippen molar-refractivity contribution < 1.29 is 22.5 Å². The molecule has 0 radical (unpaired) electrons. The summed E-state index contributed by atoms with van der Waals surface area (Å²) in [4.78, 5) is 24.9. The third-order valence-corrected chi connectivity index (χ3v) is 5.01. The summed E-state index contributed by atoms with van der Waals surface area (Å²) in [5.74, 6) is -0.00359. The minimum absolute atomic E-state index is 0.0472. The number of rotatable bonds is 4. The van der Waals surface area contributed by atoms with Gasteiger partial charge in [0, 0.05) is 19.0 Å². The summed E-state index contributed by atoms with van der Waals surface area (Å²) >= 11 is 0. The van der Waals surface area contributed by atoms with Crippen molar-refractivity contribution in [2.75, 3.05) is 23.4 Å². The Bertz CT molecular complexity index is 652. The van der Waals surface area contributed by atoms with Crippen molar-refractivity contribution in [3.63, 3.8) is 0 Å². The van der Waals surface area contributed by atoms with E-state index in [0.717, 1.165) is 0 Å². The standard InChI is InChI=1S/C12H17N3O5S/c1-8-5-11(14-20-8)13-12(17)6-15(9(2)16)10-3-4-21(18,19)7-10/h5,10H,3-4,6-7H2,1-2H3,(H,13,14,17). The van der Waals surface area contributed by atoms with Crippen LogP contribution >= 0.6 is 0 Å². The number of amides is 2. The smallest absolute Gasteiger partial charge is 0.245 e. The van der Waals surface area contributed by atoms with Gasteiger partial charge in [0.2, 0.25) is 11.8 Å². The van der Waals surface area contributed by atoms with E-state index in [-0.39, 0.29) is 29.8 Å². The summed E-state index contributed by atoms with van der Waals surface area (Å²) in [6, 6.07) is 1.10. The van der Waals surface area contributed by atoms with Crippen LogP contribution in [0, 0.1) is 6.92 Å². The topological polar surface area (TPSA) is 110 Å². The van der Waals surface area contributed by atoms with Crippen molar-refractivity contribution in [2.45, 2.75) is 26.3 Å². The van der Waals surface area contributed by atoms with Gasteiger partial charge in [-0.1, -0.05) is 5.16 Å². The highest BCUT2D eigenvalue weighted by molar-refractivity contribution is 7.91. The highest BCUT2D eigenvalue weighted by Crippen LogP contribution is 2.18. The van der Waals surface area contributed by atoms with E-state index in [2.05, 4.69) is 10.5 Å². The Labute approximate surface area is 122 Å². The molecule has 1 N–H and O–H groups in total. The quantitative estimate of drug-likeness (QED) is 0.834. The lowest BCUT2D eigenvalue weighted by Crippen LogP contribution is -2.44. The monoisotopic (exact) mass is 315 g/mol. The predicted octanol–water partition coefficient (Wildman–Crippen LogP) is -0.0429. The number of sulfone groups is 1. The van der Waals surface area contributed by atoms with Crippen LogP contribution in [-0.4, -0.2) is 54.4 Å². The van der Waals surface area contributed by atoms with Crippen LogP contribution in [0.3, 0.4) is 0 Å². The molecule has 116 valence electrons. The molecule has 1 aromatic heterocycles. The highest BCUT2D eigenvalue weighted by Gasteiger charge is 2.34. The second-order valence-electron chi connectivity index (χ2n) is 5.07. The maximum Gasteiger partial charge on any atom is 0.245 e. The Balaban J connectivity index is 2.00. The van der Waals surface area contributed by atoms with Crippen molar-refractivity contribution >= 4 is 27.5 Å². The summed E-state index contributed by atoms with van der Waals surface area (Å²) in [7, 11) is -3.12. The molecule has 9 heteroatoms. The molecule has 0 bridgehead atoms. The fraction of sp³-hybridized carbons (Fsp3) is 0.583. The minimum atomic E-state index is -3.12. The molecule has 0 aromatic carbocycles. The molecule has 2 rings (SSSR count). The van der Waals surface area contributed by atoms with E-state index in [1.165, 1.54) is 11.8 Å². The molecule has 2 heterocycles. The molecule has 1 atom stereocenters. The van der Waals surface area contributed by atoms with Crippen molar-refractivity contribution in [3.8, 4) is 0 Å². The molecule has 1 saturated heterocycles. The Hall–Kier alpha value is -1.90. The largest absolute Gasteiger partial charge is 0.360 e. The normalized spacial score (nSPS) is 20.2. The van der Waals surface area contributed by atoms with Gasteiger partial charge in [0.1, 0.15) is 12.3 Å². The molecule has 0 aliphatic carbocycles. The first-order valence-corrected chi connectivity index (χ1v) is 8.30. The Morgan fingerprint density at radius 1 is 1.52 bits per heavy atom. The lowest BCUT2D eigenvalue weighted by Gasteiger charge is -2.26. The van der Waals surface area contributed by atoms with Gasteiger partial charge in [-0.25, -0.2) is 8.42 Å². The fourth-order valence-electron chi connectivity index (χ4n) is 2.28. The van der Waals surface area contributed by atoms with Crippen LogP contribution in [0.15, 0.2) is 10.6 Å². The average molecular weight is 315 g/mol. The van der Waals surface area contributed by atoms with Gasteiger partial charge in [-0.2, -0.15) is 0 Å². The van der Waals surface area contributed by atoms with Crippen LogP contribution in [-0.2, 0) is 19.4 Å². The molecule has 2 amide bonds. The molecule has 0 saturated carbocycles. The van der Waals surface area contributed by atoms with Crippen LogP contribution in [0.25, 0.3) is 0 Å². The van der Waals surface area contributed by atoms with Gasteiger partial charge in [-0.15, -0.1) is 0 Å². The molecule has 1 aliphatic heterocycles. The third-order valence-electron chi connectivity index (χ3n) is 3.26. The number of nitrogens with one attached hydrogen (secondary N) is 1. The second-order valence-corrected chi connectivity index (χ2v) is 7.30. The predicted molar refractivity (Wildman–Crippen MR) is 74.3 cm³/mol. The zero-order chi connectivity index (χ0) is 15.6. The van der Waals surface area contributed by atoms with Gasteiger partial charge in [0.15, 0.2) is 15.7 Å². The first-order chi connectivity index (χ1) is 9.77. The van der Waals surface area contributed by atoms with Crippen molar-refractivity contribution in [2.24, 2.45) is 0 Å². The number of hydrogen-bond acceptors (Lipinski definition) is 6. The summed E-state index contributed by atoms with van der Waals surface area (Å²) < 4.78 is 27.8. The molecule has 1 unspecified atom stereocenters. The SMILES string of the molecule is CC(=O)N(CC(=O)Nc1cc(C)on1)C1CCS(=O)(=O)C1. The average Bonchev–Trinajstić information content (AvgIpc) is 2.92. The fourth-order valence-corrected chi connectivity index (χ4v) is 4.01. The molecule has 1 aliphatic rings. The number of aromatic nitrogens is 1. The summed E-state index contributed by atoms with van der Waals surface area (Å²) in [5.41, 5.74) is 0.